The topological polar surface area (TPSA) is 11.4 Å². The van der Waals surface area contributed by atoms with Crippen LogP contribution in [0.15, 0.2) is 83.6 Å². The Kier molecular flexibility index (Phi) is 4.90. The quantitative estimate of drug-likeness (QED) is 0.652. The first-order valence-electron chi connectivity index (χ1n) is 8.74. The molecule has 0 atom stereocenters. The molecule has 4 heteroatoms. The molecule has 0 unspecified atom stereocenters. The molecule has 4 rings (SSSR count). The fourth-order valence-electron chi connectivity index (χ4n) is 3.62. The van der Waals surface area contributed by atoms with E-state index in [0.29, 0.717) is 6.04 Å². The van der Waals surface area contributed by atoms with E-state index in [0.717, 1.165) is 30.7 Å². The van der Waals surface area contributed by atoms with Gasteiger partial charge >= 0.3 is 0 Å². The van der Waals surface area contributed by atoms with Gasteiger partial charge in [-0.3, -0.25) is 9.58 Å². The molecule has 1 saturated heterocycles. The van der Waals surface area contributed by atoms with Gasteiger partial charge in [-0.1, -0.05) is 60.7 Å². The van der Waals surface area contributed by atoms with Crippen molar-refractivity contribution in [2.24, 2.45) is 0 Å². The highest BCUT2D eigenvalue weighted by molar-refractivity contribution is 9.10. The van der Waals surface area contributed by atoms with E-state index in [-0.39, 0.29) is 0 Å². The summed E-state index contributed by atoms with van der Waals surface area (Å²) < 4.78 is 3.32. The van der Waals surface area contributed by atoms with E-state index in [9.17, 15) is 0 Å². The summed E-state index contributed by atoms with van der Waals surface area (Å²) in [6, 6.07) is 24.1. The molecule has 0 aliphatic carbocycles. The fourth-order valence-corrected chi connectivity index (χ4v) is 3.95. The van der Waals surface area contributed by atoms with Gasteiger partial charge in [0.25, 0.3) is 0 Å². The highest BCUT2D eigenvalue weighted by Crippen LogP contribution is 2.29. The molecule has 0 bridgehead atoms. The molecule has 1 fully saturated rings. The zero-order valence-electron chi connectivity index (χ0n) is 14.1. The first kappa shape index (κ1) is 16.4. The molecule has 1 aliphatic rings. The van der Waals surface area contributed by atoms with Crippen molar-refractivity contribution in [1.82, 2.24) is 9.58 Å². The third-order valence-electron chi connectivity index (χ3n) is 4.86. The van der Waals surface area contributed by atoms with Crippen molar-refractivity contribution in [3.63, 3.8) is 0 Å². The van der Waals surface area contributed by atoms with Gasteiger partial charge in [0.1, 0.15) is 0 Å². The van der Waals surface area contributed by atoms with Crippen molar-refractivity contribution in [1.29, 1.82) is 0 Å². The zero-order chi connectivity index (χ0) is 17.1. The first-order valence-corrected chi connectivity index (χ1v) is 9.53. The summed E-state index contributed by atoms with van der Waals surface area (Å²) in [5, 5.41) is 2.40. The number of benzene rings is 2. The van der Waals surface area contributed by atoms with Crippen LogP contribution in [0.5, 0.6) is 0 Å². The Balaban J connectivity index is 1.55. The number of halogens is 1. The van der Waals surface area contributed by atoms with Crippen LogP contribution in [0, 0.1) is 0 Å². The van der Waals surface area contributed by atoms with Crippen molar-refractivity contribution in [2.75, 3.05) is 31.2 Å². The molecule has 2 heterocycles. The van der Waals surface area contributed by atoms with Crippen LogP contribution in [-0.2, 0) is 0 Å². The molecule has 3 aromatic rings. The molecule has 1 aromatic heterocycles. The molecule has 128 valence electrons. The molecule has 2 aromatic carbocycles. The zero-order valence-corrected chi connectivity index (χ0v) is 15.7. The average molecular weight is 396 g/mol. The van der Waals surface area contributed by atoms with E-state index in [1.54, 1.807) is 0 Å². The Bertz CT molecular complexity index is 753. The number of piperazine rings is 1. The Labute approximate surface area is 157 Å². The molecule has 0 saturated carbocycles. The van der Waals surface area contributed by atoms with E-state index in [4.69, 9.17) is 0 Å². The summed E-state index contributed by atoms with van der Waals surface area (Å²) in [5.74, 6) is 0. The maximum Gasteiger partial charge on any atom is 0.0603 e. The predicted octanol–water partition coefficient (Wildman–Crippen LogP) is 4.29. The van der Waals surface area contributed by atoms with Crippen molar-refractivity contribution in [3.8, 4) is 0 Å². The second-order valence-electron chi connectivity index (χ2n) is 6.42. The lowest BCUT2D eigenvalue weighted by molar-refractivity contribution is 0.198. The highest BCUT2D eigenvalue weighted by atomic mass is 79.9. The lowest BCUT2D eigenvalue weighted by Crippen LogP contribution is -2.51. The second kappa shape index (κ2) is 7.46. The van der Waals surface area contributed by atoms with Crippen LogP contribution in [0.25, 0.3) is 0 Å². The molecule has 0 spiro atoms. The molecule has 0 amide bonds. The van der Waals surface area contributed by atoms with Gasteiger partial charge in [0.05, 0.1) is 6.04 Å². The molecular weight excluding hydrogens is 374 g/mol. The van der Waals surface area contributed by atoms with Crippen molar-refractivity contribution in [2.45, 2.75) is 6.04 Å². The van der Waals surface area contributed by atoms with Crippen LogP contribution in [0.2, 0.25) is 0 Å². The molecule has 1 aliphatic heterocycles. The van der Waals surface area contributed by atoms with E-state index < -0.39 is 0 Å². The Morgan fingerprint density at radius 3 is 1.76 bits per heavy atom. The molecule has 3 nitrogen and oxygen atoms in total. The predicted molar refractivity (Wildman–Crippen MR) is 106 cm³/mol. The molecular formula is C21H22BrN3. The van der Waals surface area contributed by atoms with Crippen molar-refractivity contribution < 1.29 is 0 Å². The summed E-state index contributed by atoms with van der Waals surface area (Å²) in [4.78, 5) is 2.60. The minimum Gasteiger partial charge on any atom is -0.311 e. The van der Waals surface area contributed by atoms with Gasteiger partial charge in [0.15, 0.2) is 0 Å². The van der Waals surface area contributed by atoms with Gasteiger partial charge in [-0.15, -0.1) is 0 Å². The lowest BCUT2D eigenvalue weighted by atomic mass is 9.96. The molecule has 0 N–H and O–H groups in total. The number of hydrogen-bond acceptors (Lipinski definition) is 2. The second-order valence-corrected chi connectivity index (χ2v) is 7.34. The van der Waals surface area contributed by atoms with E-state index >= 15 is 0 Å². The molecule has 0 radical (unpaired) electrons. The summed E-state index contributed by atoms with van der Waals surface area (Å²) in [7, 11) is 0. The number of hydrogen-bond donors (Lipinski definition) is 0. The molecule has 25 heavy (non-hydrogen) atoms. The van der Waals surface area contributed by atoms with Crippen LogP contribution in [0.3, 0.4) is 0 Å². The van der Waals surface area contributed by atoms with Crippen molar-refractivity contribution in [3.05, 3.63) is 94.7 Å². The van der Waals surface area contributed by atoms with E-state index in [2.05, 4.69) is 110 Å². The number of rotatable bonds is 4. The van der Waals surface area contributed by atoms with Crippen LogP contribution in [0.4, 0.5) is 0 Å². The van der Waals surface area contributed by atoms with E-state index in [1.165, 1.54) is 11.1 Å². The Morgan fingerprint density at radius 2 is 1.28 bits per heavy atom. The van der Waals surface area contributed by atoms with Crippen molar-refractivity contribution >= 4 is 15.9 Å². The first-order chi connectivity index (χ1) is 12.3. The highest BCUT2D eigenvalue weighted by Gasteiger charge is 2.26. The minimum atomic E-state index is 0.320. The average Bonchev–Trinajstić information content (AvgIpc) is 3.11. The SMILES string of the molecule is Brc1ccn(N2CCN(C(c3ccccc3)c3ccccc3)CC2)c1. The van der Waals surface area contributed by atoms with Gasteiger partial charge < -0.3 is 5.01 Å². The van der Waals surface area contributed by atoms with Crippen LogP contribution in [-0.4, -0.2) is 35.8 Å². The fraction of sp³-hybridized carbons (Fsp3) is 0.238. The number of aromatic nitrogens is 1. The van der Waals surface area contributed by atoms with Gasteiger partial charge in [-0.05, 0) is 33.1 Å². The van der Waals surface area contributed by atoms with Crippen LogP contribution >= 0.6 is 15.9 Å². The maximum absolute atomic E-state index is 3.54. The third kappa shape index (κ3) is 3.65. The van der Waals surface area contributed by atoms with Gasteiger partial charge in [0, 0.05) is 43.0 Å². The van der Waals surface area contributed by atoms with Gasteiger partial charge in [-0.25, -0.2) is 0 Å². The van der Waals surface area contributed by atoms with E-state index in [1.807, 2.05) is 0 Å². The normalized spacial score (nSPS) is 15.7. The lowest BCUT2D eigenvalue weighted by Gasteiger charge is -2.40. The summed E-state index contributed by atoms with van der Waals surface area (Å²) in [6.45, 7) is 4.14. The van der Waals surface area contributed by atoms with Crippen LogP contribution < -0.4 is 5.01 Å². The Morgan fingerprint density at radius 1 is 0.720 bits per heavy atom. The largest absolute Gasteiger partial charge is 0.311 e. The summed E-state index contributed by atoms with van der Waals surface area (Å²) in [5.41, 5.74) is 2.73. The minimum absolute atomic E-state index is 0.320. The standard InChI is InChI=1S/C21H22BrN3/c22-20-11-12-25(17-20)24-15-13-23(14-16-24)21(18-7-3-1-4-8-18)19-9-5-2-6-10-19/h1-12,17,21H,13-16H2. The summed E-state index contributed by atoms with van der Waals surface area (Å²) >= 11 is 3.54. The Hall–Kier alpha value is -2.04. The smallest absolute Gasteiger partial charge is 0.0603 e. The van der Waals surface area contributed by atoms with Gasteiger partial charge in [0.2, 0.25) is 0 Å². The monoisotopic (exact) mass is 395 g/mol. The summed E-state index contributed by atoms with van der Waals surface area (Å²) in [6.07, 6.45) is 4.24. The van der Waals surface area contributed by atoms with Crippen LogP contribution in [0.1, 0.15) is 17.2 Å². The number of nitrogens with zero attached hydrogens (tertiary/aromatic N) is 3. The third-order valence-corrected chi connectivity index (χ3v) is 5.32. The maximum atomic E-state index is 3.54. The van der Waals surface area contributed by atoms with Gasteiger partial charge in [-0.2, -0.15) is 0 Å².